The lowest BCUT2D eigenvalue weighted by molar-refractivity contribution is -0.162. The summed E-state index contributed by atoms with van der Waals surface area (Å²) >= 11 is 0. The van der Waals surface area contributed by atoms with Gasteiger partial charge in [-0.05, 0) is 36.5 Å². The maximum absolute atomic E-state index is 12.3. The van der Waals surface area contributed by atoms with E-state index in [0.717, 1.165) is 39.6 Å². The predicted molar refractivity (Wildman–Crippen MR) is 108 cm³/mol. The number of hydrogen-bond donors (Lipinski definition) is 2. The molecule has 3 heterocycles. The number of amides is 1. The minimum absolute atomic E-state index is 0.0671. The molecule has 1 amide bonds. The first kappa shape index (κ1) is 18.4. The Balaban J connectivity index is 1.55. The quantitative estimate of drug-likeness (QED) is 0.499. The van der Waals surface area contributed by atoms with Gasteiger partial charge in [-0.25, -0.2) is 0 Å². The van der Waals surface area contributed by atoms with Gasteiger partial charge in [0.15, 0.2) is 5.72 Å². The van der Waals surface area contributed by atoms with Gasteiger partial charge >= 0.3 is 7.12 Å². The number of para-hydroxylation sites is 1. The van der Waals surface area contributed by atoms with Crippen LogP contribution in [0.4, 0.5) is 0 Å². The minimum Gasteiger partial charge on any atom is -0.464 e. The fourth-order valence-corrected chi connectivity index (χ4v) is 4.98. The molecule has 1 saturated heterocycles. The average Bonchev–Trinajstić information content (AvgIpc) is 3.42. The van der Waals surface area contributed by atoms with Crippen LogP contribution in [-0.4, -0.2) is 34.4 Å². The smallest absolute Gasteiger partial charge is 0.464 e. The molecule has 2 aromatic carbocycles. The van der Waals surface area contributed by atoms with Crippen LogP contribution in [0.5, 0.6) is 0 Å². The molecular weight excluding hydrogens is 369 g/mol. The highest BCUT2D eigenvalue weighted by atomic mass is 16.5. The number of hydrogen-bond acceptors (Lipinski definition) is 5. The molecule has 2 N–H and O–H groups in total. The van der Waals surface area contributed by atoms with Crippen molar-refractivity contribution in [3.8, 4) is 0 Å². The molecule has 7 heteroatoms. The average molecular weight is 391 g/mol. The monoisotopic (exact) mass is 391 g/mol. The van der Waals surface area contributed by atoms with Crippen molar-refractivity contribution in [1.29, 1.82) is 0 Å². The second kappa shape index (κ2) is 6.73. The second-order valence-corrected chi connectivity index (χ2v) is 7.93. The molecule has 5 rings (SSSR count). The lowest BCUT2D eigenvalue weighted by Gasteiger charge is -2.41. The Bertz CT molecular complexity index is 1080. The molecule has 0 aliphatic carbocycles. The summed E-state index contributed by atoms with van der Waals surface area (Å²) in [5.74, 6) is -0.876. The summed E-state index contributed by atoms with van der Waals surface area (Å²) in [6.45, 7) is 1.96. The first-order chi connectivity index (χ1) is 14.0. The number of aryl methyl sites for hydroxylation is 1. The van der Waals surface area contributed by atoms with E-state index in [1.54, 1.807) is 6.26 Å². The number of rotatable bonds is 6. The van der Waals surface area contributed by atoms with E-state index < -0.39 is 18.8 Å². The van der Waals surface area contributed by atoms with Crippen molar-refractivity contribution in [2.24, 2.45) is 0 Å². The van der Waals surface area contributed by atoms with Crippen LogP contribution in [0.3, 0.4) is 0 Å². The second-order valence-electron chi connectivity index (χ2n) is 7.93. The summed E-state index contributed by atoms with van der Waals surface area (Å²) in [6, 6.07) is 13.7. The molecular formula is C22H22BNO5. The van der Waals surface area contributed by atoms with Gasteiger partial charge in [0.25, 0.3) is 0 Å². The van der Waals surface area contributed by atoms with Gasteiger partial charge in [-0.3, -0.25) is 4.79 Å². The molecule has 3 aromatic rings. The van der Waals surface area contributed by atoms with Gasteiger partial charge in [0, 0.05) is 17.4 Å². The topological polar surface area (TPSA) is 83.1 Å². The molecule has 0 spiro atoms. The zero-order valence-corrected chi connectivity index (χ0v) is 16.1. The first-order valence-electron chi connectivity index (χ1n) is 9.88. The summed E-state index contributed by atoms with van der Waals surface area (Å²) in [5.41, 5.74) is 3.64. The molecule has 0 saturated carbocycles. The number of nitrogens with zero attached hydrogens (tertiary/aromatic N) is 1. The Morgan fingerprint density at radius 1 is 1.28 bits per heavy atom. The zero-order valence-electron chi connectivity index (χ0n) is 16.1. The van der Waals surface area contributed by atoms with Crippen molar-refractivity contribution in [3.63, 3.8) is 0 Å². The lowest BCUT2D eigenvalue weighted by Crippen LogP contribution is -2.56. The van der Waals surface area contributed by atoms with Crippen LogP contribution in [0.15, 0.2) is 53.1 Å². The van der Waals surface area contributed by atoms with Crippen LogP contribution in [0, 0.1) is 6.92 Å². The fraction of sp³-hybridized carbons (Fsp3) is 0.318. The minimum atomic E-state index is -1.72. The predicted octanol–water partition coefficient (Wildman–Crippen LogP) is 2.84. The number of fused-ring (bicyclic) bond motifs is 6. The number of furan rings is 1. The van der Waals surface area contributed by atoms with E-state index in [9.17, 15) is 14.8 Å². The van der Waals surface area contributed by atoms with E-state index >= 15 is 0 Å². The van der Waals surface area contributed by atoms with Crippen LogP contribution in [0.2, 0.25) is 0 Å². The van der Waals surface area contributed by atoms with Gasteiger partial charge in [0.1, 0.15) is 5.58 Å². The third kappa shape index (κ3) is 2.65. The maximum Gasteiger partial charge on any atom is 0.476 e. The molecule has 2 aliphatic heterocycles. The molecule has 2 bridgehead atoms. The molecule has 6 nitrogen and oxygen atoms in total. The summed E-state index contributed by atoms with van der Waals surface area (Å²) in [7, 11) is -1.72. The lowest BCUT2D eigenvalue weighted by atomic mass is 9.72. The number of carbonyl (C=O) groups excluding carboxylic acids is 1. The van der Waals surface area contributed by atoms with Crippen molar-refractivity contribution < 1.29 is 24.0 Å². The molecule has 0 radical (unpaired) electrons. The van der Waals surface area contributed by atoms with Gasteiger partial charge in [-0.15, -0.1) is 0 Å². The standard InChI is InChI=1S/C22H22BNO5/c1-14-5-4-7-16-15(12-28-21(14)16)11-20(23(26)27)24(13-25)22-10-9-19(29-22)17-6-2-3-8-18(17)22/h2-8,12-13,19-20,26-27H,9-11H2,1H3/t19-,20-,22+/m0/s1. The first-order valence-corrected chi connectivity index (χ1v) is 9.88. The van der Waals surface area contributed by atoms with E-state index in [1.807, 2.05) is 49.4 Å². The highest BCUT2D eigenvalue weighted by molar-refractivity contribution is 6.43. The largest absolute Gasteiger partial charge is 0.476 e. The van der Waals surface area contributed by atoms with E-state index in [-0.39, 0.29) is 12.5 Å². The summed E-state index contributed by atoms with van der Waals surface area (Å²) in [4.78, 5) is 13.7. The van der Waals surface area contributed by atoms with Gasteiger partial charge in [0.2, 0.25) is 6.41 Å². The van der Waals surface area contributed by atoms with Crippen molar-refractivity contribution in [1.82, 2.24) is 4.90 Å². The Kier molecular flexibility index (Phi) is 4.27. The Hall–Kier alpha value is -2.61. The summed E-state index contributed by atoms with van der Waals surface area (Å²) in [5, 5.41) is 21.4. The Labute approximate surface area is 168 Å². The van der Waals surface area contributed by atoms with E-state index in [4.69, 9.17) is 9.15 Å². The van der Waals surface area contributed by atoms with Crippen molar-refractivity contribution in [2.45, 2.75) is 44.0 Å². The van der Waals surface area contributed by atoms with E-state index in [2.05, 4.69) is 0 Å². The molecule has 148 valence electrons. The van der Waals surface area contributed by atoms with Crippen LogP contribution < -0.4 is 0 Å². The van der Waals surface area contributed by atoms with Gasteiger partial charge in [-0.1, -0.05) is 42.5 Å². The van der Waals surface area contributed by atoms with Gasteiger partial charge in [-0.2, -0.15) is 0 Å². The highest BCUT2D eigenvalue weighted by Gasteiger charge is 2.56. The molecule has 3 atom stereocenters. The summed E-state index contributed by atoms with van der Waals surface area (Å²) < 4.78 is 12.0. The highest BCUT2D eigenvalue weighted by Crippen LogP contribution is 2.56. The number of carbonyl (C=O) groups is 1. The van der Waals surface area contributed by atoms with Crippen LogP contribution in [-0.2, 0) is 21.7 Å². The van der Waals surface area contributed by atoms with Crippen LogP contribution in [0.25, 0.3) is 11.0 Å². The van der Waals surface area contributed by atoms with E-state index in [0.29, 0.717) is 12.8 Å². The number of benzene rings is 2. The van der Waals surface area contributed by atoms with Crippen LogP contribution >= 0.6 is 0 Å². The van der Waals surface area contributed by atoms with E-state index in [1.165, 1.54) is 4.90 Å². The molecule has 1 fully saturated rings. The van der Waals surface area contributed by atoms with Crippen molar-refractivity contribution in [2.75, 3.05) is 0 Å². The van der Waals surface area contributed by atoms with Gasteiger partial charge < -0.3 is 24.1 Å². The SMILES string of the molecule is Cc1cccc2c(C[C@@H](B(O)O)N(C=O)[C@]34CC[C@H](O3)c3ccccc34)coc12. The zero-order chi connectivity index (χ0) is 20.2. The third-order valence-electron chi connectivity index (χ3n) is 6.35. The van der Waals surface area contributed by atoms with Crippen molar-refractivity contribution >= 4 is 24.5 Å². The van der Waals surface area contributed by atoms with Gasteiger partial charge in [0.05, 0.1) is 18.3 Å². The Morgan fingerprint density at radius 3 is 2.90 bits per heavy atom. The third-order valence-corrected chi connectivity index (χ3v) is 6.35. The number of ether oxygens (including phenoxy) is 1. The Morgan fingerprint density at radius 2 is 2.10 bits per heavy atom. The fourth-order valence-electron chi connectivity index (χ4n) is 4.98. The maximum atomic E-state index is 12.3. The molecule has 1 aromatic heterocycles. The van der Waals surface area contributed by atoms with Crippen LogP contribution in [0.1, 0.15) is 41.2 Å². The summed E-state index contributed by atoms with van der Waals surface area (Å²) in [6.07, 6.45) is 3.91. The molecule has 29 heavy (non-hydrogen) atoms. The molecule has 0 unspecified atom stereocenters. The van der Waals surface area contributed by atoms with Crippen molar-refractivity contribution in [3.05, 3.63) is 71.0 Å². The normalized spacial score (nSPS) is 23.2. The molecule has 2 aliphatic rings.